The van der Waals surface area contributed by atoms with Gasteiger partial charge in [0, 0.05) is 0 Å². The molecule has 0 aromatic heterocycles. The third kappa shape index (κ3) is 13.3. The van der Waals surface area contributed by atoms with Crippen LogP contribution in [0.1, 0.15) is 182 Å². The van der Waals surface area contributed by atoms with Crippen LogP contribution in [0.4, 0.5) is 0 Å². The van der Waals surface area contributed by atoms with Gasteiger partial charge in [-0.05, 0) is 37.5 Å². The van der Waals surface area contributed by atoms with Crippen molar-refractivity contribution in [2.45, 2.75) is 188 Å². The van der Waals surface area contributed by atoms with E-state index in [1.807, 2.05) is 0 Å². The third-order valence-corrected chi connectivity index (χ3v) is 8.24. The van der Waals surface area contributed by atoms with E-state index in [-0.39, 0.29) is 5.41 Å². The highest BCUT2D eigenvalue weighted by Crippen LogP contribution is 2.48. The van der Waals surface area contributed by atoms with Gasteiger partial charge in [0.2, 0.25) is 0 Å². The molecule has 31 heavy (non-hydrogen) atoms. The average molecular weight is 439 g/mol. The second-order valence-corrected chi connectivity index (χ2v) is 10.6. The lowest BCUT2D eigenvalue weighted by Gasteiger charge is -2.48. The van der Waals surface area contributed by atoms with Crippen molar-refractivity contribution >= 4 is 0 Å². The molecule has 0 saturated heterocycles. The van der Waals surface area contributed by atoms with Crippen LogP contribution in [0.2, 0.25) is 0 Å². The molecule has 0 heterocycles. The fourth-order valence-electron chi connectivity index (χ4n) is 5.79. The molecule has 0 spiro atoms. The predicted molar refractivity (Wildman–Crippen MR) is 142 cm³/mol. The summed E-state index contributed by atoms with van der Waals surface area (Å²) in [5.41, 5.74) is -0.319. The second-order valence-electron chi connectivity index (χ2n) is 10.6. The van der Waals surface area contributed by atoms with Crippen molar-refractivity contribution in [3.05, 3.63) is 0 Å². The highest BCUT2D eigenvalue weighted by atomic mass is 16.3. The van der Waals surface area contributed by atoms with Gasteiger partial charge in [-0.3, -0.25) is 0 Å². The molecule has 188 valence electrons. The maximum absolute atomic E-state index is 12.2. The van der Waals surface area contributed by atoms with Gasteiger partial charge >= 0.3 is 0 Å². The molecule has 0 aliphatic carbocycles. The van der Waals surface area contributed by atoms with Crippen LogP contribution in [-0.4, -0.2) is 10.7 Å². The molecule has 0 aromatic rings. The Morgan fingerprint density at radius 2 is 0.677 bits per heavy atom. The minimum Gasteiger partial charge on any atom is -0.389 e. The highest BCUT2D eigenvalue weighted by molar-refractivity contribution is 4.97. The summed E-state index contributed by atoms with van der Waals surface area (Å²) in [7, 11) is 0. The van der Waals surface area contributed by atoms with Crippen molar-refractivity contribution in [2.75, 3.05) is 0 Å². The van der Waals surface area contributed by atoms with Crippen molar-refractivity contribution in [1.82, 2.24) is 0 Å². The van der Waals surface area contributed by atoms with Gasteiger partial charge in [0.15, 0.2) is 0 Å². The summed E-state index contributed by atoms with van der Waals surface area (Å²) in [6.07, 6.45) is 29.6. The largest absolute Gasteiger partial charge is 0.389 e. The predicted octanol–water partition coefficient (Wildman–Crippen LogP) is 10.8. The lowest BCUT2D eigenvalue weighted by Crippen LogP contribution is -2.48. The number of hydrogen-bond donors (Lipinski definition) is 1. The van der Waals surface area contributed by atoms with Crippen molar-refractivity contribution < 1.29 is 5.11 Å². The molecule has 0 fully saturated rings. The zero-order chi connectivity index (χ0) is 23.3. The molecular formula is C30H62O. The Balaban J connectivity index is 4.90. The molecule has 0 atom stereocenters. The van der Waals surface area contributed by atoms with E-state index in [0.717, 1.165) is 25.7 Å². The van der Waals surface area contributed by atoms with Crippen LogP contribution in [0.5, 0.6) is 0 Å². The monoisotopic (exact) mass is 438 g/mol. The van der Waals surface area contributed by atoms with Crippen LogP contribution in [0, 0.1) is 5.41 Å². The normalized spacial score (nSPS) is 12.6. The van der Waals surface area contributed by atoms with E-state index in [4.69, 9.17) is 0 Å². The van der Waals surface area contributed by atoms with Crippen LogP contribution in [-0.2, 0) is 0 Å². The third-order valence-electron chi connectivity index (χ3n) is 8.24. The lowest BCUT2D eigenvalue weighted by molar-refractivity contribution is -0.111. The number of hydrogen-bond acceptors (Lipinski definition) is 1. The molecule has 0 bridgehead atoms. The molecule has 0 aliphatic rings. The van der Waals surface area contributed by atoms with Gasteiger partial charge in [-0.1, -0.05) is 150 Å². The first-order valence-electron chi connectivity index (χ1n) is 14.8. The van der Waals surface area contributed by atoms with E-state index >= 15 is 0 Å². The maximum Gasteiger partial charge on any atom is 0.0703 e. The van der Waals surface area contributed by atoms with Crippen LogP contribution >= 0.6 is 0 Å². The molecular weight excluding hydrogens is 376 g/mol. The van der Waals surface area contributed by atoms with Crippen molar-refractivity contribution in [1.29, 1.82) is 0 Å². The standard InChI is InChI=1S/C30H62O/c1-6-11-14-17-20-23-26-29(9-4,10-5)30(31,27-24-21-18-15-12-7-2)28-25-22-19-16-13-8-3/h31H,6-28H2,1-5H3. The van der Waals surface area contributed by atoms with E-state index in [1.165, 1.54) is 122 Å². The Labute approximate surface area is 198 Å². The molecule has 0 aliphatic heterocycles. The molecule has 0 saturated carbocycles. The summed E-state index contributed by atoms with van der Waals surface area (Å²) in [4.78, 5) is 0. The van der Waals surface area contributed by atoms with E-state index in [1.54, 1.807) is 0 Å². The Morgan fingerprint density at radius 1 is 0.387 bits per heavy atom. The smallest absolute Gasteiger partial charge is 0.0703 e. The number of unbranched alkanes of at least 4 members (excludes halogenated alkanes) is 15. The fourth-order valence-corrected chi connectivity index (χ4v) is 5.79. The summed E-state index contributed by atoms with van der Waals surface area (Å²) in [5.74, 6) is 0. The fraction of sp³-hybridized carbons (Fsp3) is 1.00. The summed E-state index contributed by atoms with van der Waals surface area (Å²) in [6, 6.07) is 0. The van der Waals surface area contributed by atoms with Gasteiger partial charge in [0.1, 0.15) is 0 Å². The first kappa shape index (κ1) is 31.0. The Morgan fingerprint density at radius 3 is 1.00 bits per heavy atom. The lowest BCUT2D eigenvalue weighted by atomic mass is 9.61. The van der Waals surface area contributed by atoms with Gasteiger partial charge in [-0.15, -0.1) is 0 Å². The zero-order valence-electron chi connectivity index (χ0n) is 22.7. The Kier molecular flexibility index (Phi) is 20.5. The van der Waals surface area contributed by atoms with Gasteiger partial charge in [-0.25, -0.2) is 0 Å². The van der Waals surface area contributed by atoms with Gasteiger partial charge in [0.05, 0.1) is 5.60 Å². The molecule has 0 amide bonds. The second kappa shape index (κ2) is 20.6. The van der Waals surface area contributed by atoms with E-state index in [2.05, 4.69) is 34.6 Å². The average Bonchev–Trinajstić information content (AvgIpc) is 2.78. The van der Waals surface area contributed by atoms with Crippen LogP contribution in [0.25, 0.3) is 0 Å². The van der Waals surface area contributed by atoms with Crippen molar-refractivity contribution in [3.63, 3.8) is 0 Å². The van der Waals surface area contributed by atoms with Crippen LogP contribution in [0.15, 0.2) is 0 Å². The summed E-state index contributed by atoms with van der Waals surface area (Å²) in [5, 5.41) is 12.2. The highest BCUT2D eigenvalue weighted by Gasteiger charge is 2.46. The number of rotatable bonds is 24. The molecule has 0 radical (unpaired) electrons. The SMILES string of the molecule is CCCCCCCCC(O)(CCCCCCCC)C(CC)(CC)CCCCCCCC. The zero-order valence-corrected chi connectivity index (χ0v) is 22.7. The number of aliphatic hydroxyl groups is 1. The Bertz CT molecular complexity index is 341. The first-order valence-corrected chi connectivity index (χ1v) is 14.8. The van der Waals surface area contributed by atoms with E-state index < -0.39 is 5.60 Å². The van der Waals surface area contributed by atoms with Crippen LogP contribution in [0.3, 0.4) is 0 Å². The van der Waals surface area contributed by atoms with Gasteiger partial charge < -0.3 is 5.11 Å². The van der Waals surface area contributed by atoms with Gasteiger partial charge in [0.25, 0.3) is 0 Å². The molecule has 0 unspecified atom stereocenters. The topological polar surface area (TPSA) is 20.2 Å². The van der Waals surface area contributed by atoms with Crippen LogP contribution < -0.4 is 0 Å². The molecule has 0 rings (SSSR count). The van der Waals surface area contributed by atoms with Crippen molar-refractivity contribution in [3.8, 4) is 0 Å². The summed E-state index contributed by atoms with van der Waals surface area (Å²) in [6.45, 7) is 11.6. The minimum atomic E-state index is -0.449. The molecule has 1 nitrogen and oxygen atoms in total. The summed E-state index contributed by atoms with van der Waals surface area (Å²) < 4.78 is 0. The quantitative estimate of drug-likeness (QED) is 0.148. The first-order chi connectivity index (χ1) is 15.1. The van der Waals surface area contributed by atoms with E-state index in [0.29, 0.717) is 0 Å². The van der Waals surface area contributed by atoms with E-state index in [9.17, 15) is 5.11 Å². The minimum absolute atomic E-state index is 0.130. The van der Waals surface area contributed by atoms with Gasteiger partial charge in [-0.2, -0.15) is 0 Å². The molecule has 1 heteroatoms. The summed E-state index contributed by atoms with van der Waals surface area (Å²) >= 11 is 0. The Hall–Kier alpha value is -0.0400. The molecule has 1 N–H and O–H groups in total. The van der Waals surface area contributed by atoms with Crippen molar-refractivity contribution in [2.24, 2.45) is 5.41 Å². The molecule has 0 aromatic carbocycles. The maximum atomic E-state index is 12.2.